The highest BCUT2D eigenvalue weighted by Gasteiger charge is 1.95. The van der Waals surface area contributed by atoms with Crippen molar-refractivity contribution in [3.63, 3.8) is 0 Å². The maximum absolute atomic E-state index is 4.14. The van der Waals surface area contributed by atoms with Crippen LogP contribution in [-0.4, -0.2) is 9.97 Å². The van der Waals surface area contributed by atoms with Crippen LogP contribution in [0.1, 0.15) is 11.3 Å². The van der Waals surface area contributed by atoms with Crippen molar-refractivity contribution in [2.45, 2.75) is 13.8 Å². The van der Waals surface area contributed by atoms with Gasteiger partial charge in [0, 0.05) is 17.4 Å². The average molecular weight is 236 g/mol. The summed E-state index contributed by atoms with van der Waals surface area (Å²) in [5, 5.41) is 3.22. The summed E-state index contributed by atoms with van der Waals surface area (Å²) in [6.07, 6.45) is 1.56. The quantitative estimate of drug-likeness (QED) is 0.868. The predicted octanol–water partition coefficient (Wildman–Crippen LogP) is 3.26. The van der Waals surface area contributed by atoms with E-state index in [9.17, 15) is 0 Å². The Morgan fingerprint density at radius 1 is 1.00 bits per heavy atom. The van der Waals surface area contributed by atoms with Gasteiger partial charge in [0.15, 0.2) is 0 Å². The number of aryl methyl sites for hydroxylation is 2. The highest BCUT2D eigenvalue weighted by atomic mass is 35.5. The lowest BCUT2D eigenvalue weighted by Gasteiger charge is -2.05. The van der Waals surface area contributed by atoms with Gasteiger partial charge in [0.05, 0.1) is 0 Å². The molecule has 0 aliphatic heterocycles. The van der Waals surface area contributed by atoms with Gasteiger partial charge in [0.2, 0.25) is 0 Å². The second-order valence-corrected chi connectivity index (χ2v) is 3.54. The summed E-state index contributed by atoms with van der Waals surface area (Å²) in [5.74, 6) is 0.825. The SMILES string of the molecule is Cc1ccc(Nc2cc(C)ncn2)cc1.Cl. The molecule has 0 amide bonds. The Kier molecular flexibility index (Phi) is 4.26. The smallest absolute Gasteiger partial charge is 0.133 e. The molecule has 4 heteroatoms. The molecular weight excluding hydrogens is 222 g/mol. The van der Waals surface area contributed by atoms with E-state index in [4.69, 9.17) is 0 Å². The maximum atomic E-state index is 4.14. The van der Waals surface area contributed by atoms with Crippen LogP contribution >= 0.6 is 12.4 Å². The summed E-state index contributed by atoms with van der Waals surface area (Å²) in [7, 11) is 0. The first-order valence-corrected chi connectivity index (χ1v) is 4.86. The largest absolute Gasteiger partial charge is 0.340 e. The molecule has 0 spiro atoms. The highest BCUT2D eigenvalue weighted by molar-refractivity contribution is 5.85. The Morgan fingerprint density at radius 2 is 1.69 bits per heavy atom. The summed E-state index contributed by atoms with van der Waals surface area (Å²) < 4.78 is 0. The van der Waals surface area contributed by atoms with Gasteiger partial charge in [-0.1, -0.05) is 17.7 Å². The number of hydrogen-bond donors (Lipinski definition) is 1. The lowest BCUT2D eigenvalue weighted by Crippen LogP contribution is -1.94. The van der Waals surface area contributed by atoms with Gasteiger partial charge in [-0.15, -0.1) is 12.4 Å². The van der Waals surface area contributed by atoms with E-state index in [1.165, 1.54) is 5.56 Å². The van der Waals surface area contributed by atoms with Crippen LogP contribution in [0.25, 0.3) is 0 Å². The number of benzene rings is 1. The van der Waals surface area contributed by atoms with Crippen molar-refractivity contribution in [3.05, 3.63) is 47.9 Å². The fraction of sp³-hybridized carbons (Fsp3) is 0.167. The third-order valence-corrected chi connectivity index (χ3v) is 2.13. The van der Waals surface area contributed by atoms with Crippen molar-refractivity contribution in [2.75, 3.05) is 5.32 Å². The molecule has 2 rings (SSSR count). The van der Waals surface area contributed by atoms with Crippen molar-refractivity contribution in [2.24, 2.45) is 0 Å². The van der Waals surface area contributed by atoms with E-state index < -0.39 is 0 Å². The number of rotatable bonds is 2. The van der Waals surface area contributed by atoms with Crippen LogP contribution in [-0.2, 0) is 0 Å². The zero-order valence-electron chi connectivity index (χ0n) is 9.27. The van der Waals surface area contributed by atoms with Crippen molar-refractivity contribution in [1.82, 2.24) is 9.97 Å². The van der Waals surface area contributed by atoms with E-state index in [1.807, 2.05) is 25.1 Å². The topological polar surface area (TPSA) is 37.8 Å². The molecule has 16 heavy (non-hydrogen) atoms. The predicted molar refractivity (Wildman–Crippen MR) is 68.5 cm³/mol. The van der Waals surface area contributed by atoms with E-state index in [2.05, 4.69) is 34.3 Å². The molecule has 0 saturated carbocycles. The summed E-state index contributed by atoms with van der Waals surface area (Å²) in [6.45, 7) is 4.01. The van der Waals surface area contributed by atoms with Crippen molar-refractivity contribution in [3.8, 4) is 0 Å². The summed E-state index contributed by atoms with van der Waals surface area (Å²) in [6, 6.07) is 10.1. The molecule has 1 aromatic heterocycles. The molecule has 0 unspecified atom stereocenters. The van der Waals surface area contributed by atoms with Gasteiger partial charge in [-0.25, -0.2) is 9.97 Å². The Labute approximate surface area is 101 Å². The third kappa shape index (κ3) is 3.21. The number of aromatic nitrogens is 2. The van der Waals surface area contributed by atoms with Crippen LogP contribution in [0.4, 0.5) is 11.5 Å². The molecule has 1 N–H and O–H groups in total. The molecule has 0 fully saturated rings. The molecule has 1 aromatic carbocycles. The lowest BCUT2D eigenvalue weighted by molar-refractivity contribution is 1.10. The van der Waals surface area contributed by atoms with Crippen LogP contribution in [0.2, 0.25) is 0 Å². The Balaban J connectivity index is 0.00000128. The second kappa shape index (κ2) is 5.47. The minimum Gasteiger partial charge on any atom is -0.340 e. The molecule has 1 heterocycles. The second-order valence-electron chi connectivity index (χ2n) is 3.54. The van der Waals surface area contributed by atoms with Crippen LogP contribution in [0.3, 0.4) is 0 Å². The average Bonchev–Trinajstić information content (AvgIpc) is 2.22. The Morgan fingerprint density at radius 3 is 2.31 bits per heavy atom. The molecule has 0 aliphatic carbocycles. The van der Waals surface area contributed by atoms with E-state index in [0.29, 0.717) is 0 Å². The van der Waals surface area contributed by atoms with Gasteiger partial charge in [-0.2, -0.15) is 0 Å². The third-order valence-electron chi connectivity index (χ3n) is 2.13. The van der Waals surface area contributed by atoms with Crippen LogP contribution in [0.15, 0.2) is 36.7 Å². The van der Waals surface area contributed by atoms with E-state index in [0.717, 1.165) is 17.2 Å². The van der Waals surface area contributed by atoms with E-state index >= 15 is 0 Å². The standard InChI is InChI=1S/C12H13N3.ClH/c1-9-3-5-11(6-4-9)15-12-7-10(2)13-8-14-12;/h3-8H,1-2H3,(H,13,14,15);1H. The Bertz CT molecular complexity index is 454. The number of anilines is 2. The highest BCUT2D eigenvalue weighted by Crippen LogP contribution is 2.14. The molecule has 0 saturated heterocycles. The van der Waals surface area contributed by atoms with Gasteiger partial charge in [0.25, 0.3) is 0 Å². The minimum absolute atomic E-state index is 0. The normalized spacial score (nSPS) is 9.38. The van der Waals surface area contributed by atoms with Gasteiger partial charge >= 0.3 is 0 Å². The van der Waals surface area contributed by atoms with Crippen LogP contribution < -0.4 is 5.32 Å². The lowest BCUT2D eigenvalue weighted by atomic mass is 10.2. The first-order valence-electron chi connectivity index (χ1n) is 4.86. The Hall–Kier alpha value is -1.61. The molecule has 0 atom stereocenters. The number of nitrogens with zero attached hydrogens (tertiary/aromatic N) is 2. The molecule has 0 bridgehead atoms. The molecule has 2 aromatic rings. The summed E-state index contributed by atoms with van der Waals surface area (Å²) >= 11 is 0. The number of hydrogen-bond acceptors (Lipinski definition) is 3. The van der Waals surface area contributed by atoms with Crippen LogP contribution in [0, 0.1) is 13.8 Å². The summed E-state index contributed by atoms with van der Waals surface area (Å²) in [5.41, 5.74) is 3.25. The molecule has 0 aliphatic rings. The van der Waals surface area contributed by atoms with Gasteiger partial charge in [-0.05, 0) is 26.0 Å². The zero-order valence-corrected chi connectivity index (χ0v) is 10.1. The first-order chi connectivity index (χ1) is 7.24. The monoisotopic (exact) mass is 235 g/mol. The van der Waals surface area contributed by atoms with Gasteiger partial charge < -0.3 is 5.32 Å². The first kappa shape index (κ1) is 12.5. The van der Waals surface area contributed by atoms with E-state index in [1.54, 1.807) is 6.33 Å². The fourth-order valence-corrected chi connectivity index (χ4v) is 1.31. The molecule has 3 nitrogen and oxygen atoms in total. The molecule has 0 radical (unpaired) electrons. The number of halogens is 1. The molecular formula is C12H14ClN3. The van der Waals surface area contributed by atoms with E-state index in [-0.39, 0.29) is 12.4 Å². The van der Waals surface area contributed by atoms with Gasteiger partial charge in [-0.3, -0.25) is 0 Å². The van der Waals surface area contributed by atoms with Crippen molar-refractivity contribution < 1.29 is 0 Å². The summed E-state index contributed by atoms with van der Waals surface area (Å²) in [4.78, 5) is 8.18. The van der Waals surface area contributed by atoms with Gasteiger partial charge in [0.1, 0.15) is 12.1 Å². The maximum Gasteiger partial charge on any atom is 0.133 e. The van der Waals surface area contributed by atoms with Crippen molar-refractivity contribution >= 4 is 23.9 Å². The zero-order chi connectivity index (χ0) is 10.7. The minimum atomic E-state index is 0. The fourth-order valence-electron chi connectivity index (χ4n) is 1.31. The van der Waals surface area contributed by atoms with Crippen molar-refractivity contribution in [1.29, 1.82) is 0 Å². The molecule has 84 valence electrons. The van der Waals surface area contributed by atoms with Crippen LogP contribution in [0.5, 0.6) is 0 Å². The number of nitrogens with one attached hydrogen (secondary N) is 1.